The van der Waals surface area contributed by atoms with Gasteiger partial charge in [-0.3, -0.25) is 4.79 Å². The Kier molecular flexibility index (Phi) is 4.53. The number of aromatic nitrogens is 1. The lowest BCUT2D eigenvalue weighted by atomic mass is 10.2. The highest BCUT2D eigenvalue weighted by Crippen LogP contribution is 2.22. The molecule has 3 aromatic rings. The lowest BCUT2D eigenvalue weighted by molar-refractivity contribution is 0.0924. The molecule has 1 N–H and O–H groups in total. The van der Waals surface area contributed by atoms with E-state index in [1.807, 2.05) is 18.2 Å². The van der Waals surface area contributed by atoms with Crippen LogP contribution in [0.1, 0.15) is 16.2 Å². The zero-order valence-corrected chi connectivity index (χ0v) is 14.1. The van der Waals surface area contributed by atoms with Gasteiger partial charge in [0.1, 0.15) is 5.82 Å². The number of para-hydroxylation sites is 1. The summed E-state index contributed by atoms with van der Waals surface area (Å²) in [6.07, 6.45) is 0. The van der Waals surface area contributed by atoms with Crippen molar-refractivity contribution in [3.8, 4) is 0 Å². The van der Waals surface area contributed by atoms with Crippen LogP contribution >= 0.6 is 0 Å². The molecule has 0 atom stereocenters. The van der Waals surface area contributed by atoms with Crippen molar-refractivity contribution in [3.05, 3.63) is 59.7 Å². The van der Waals surface area contributed by atoms with Gasteiger partial charge in [-0.05, 0) is 24.3 Å². The third-order valence-corrected chi connectivity index (χ3v) is 4.28. The summed E-state index contributed by atoms with van der Waals surface area (Å²) in [7, 11) is 0. The lowest BCUT2D eigenvalue weighted by Crippen LogP contribution is -2.37. The highest BCUT2D eigenvalue weighted by atomic mass is 19.1. The molecule has 0 bridgehead atoms. The van der Waals surface area contributed by atoms with Gasteiger partial charge in [0.05, 0.1) is 25.5 Å². The van der Waals surface area contributed by atoms with Gasteiger partial charge in [-0.25, -0.2) is 9.37 Å². The summed E-state index contributed by atoms with van der Waals surface area (Å²) in [6.45, 7) is 3.23. The summed E-state index contributed by atoms with van der Waals surface area (Å²) in [6, 6.07) is 11.8. The number of furan rings is 1. The molecule has 1 aromatic carbocycles. The van der Waals surface area contributed by atoms with Crippen LogP contribution in [0.4, 0.5) is 10.2 Å². The van der Waals surface area contributed by atoms with E-state index >= 15 is 0 Å². The molecule has 0 radical (unpaired) electrons. The first-order chi connectivity index (χ1) is 12.7. The van der Waals surface area contributed by atoms with Crippen molar-refractivity contribution < 1.29 is 18.3 Å². The summed E-state index contributed by atoms with van der Waals surface area (Å²) in [4.78, 5) is 19.0. The zero-order valence-electron chi connectivity index (χ0n) is 14.1. The van der Waals surface area contributed by atoms with E-state index in [0.717, 1.165) is 24.6 Å². The molecule has 0 aliphatic carbocycles. The summed E-state index contributed by atoms with van der Waals surface area (Å²) in [5, 5.41) is 3.32. The van der Waals surface area contributed by atoms with E-state index in [4.69, 9.17) is 9.15 Å². The molecule has 26 heavy (non-hydrogen) atoms. The molecule has 4 rings (SSSR count). The smallest absolute Gasteiger partial charge is 0.287 e. The third kappa shape index (κ3) is 3.39. The molecule has 1 aliphatic heterocycles. The van der Waals surface area contributed by atoms with Gasteiger partial charge < -0.3 is 19.4 Å². The summed E-state index contributed by atoms with van der Waals surface area (Å²) in [5.41, 5.74) is 0.828. The maximum absolute atomic E-state index is 13.7. The van der Waals surface area contributed by atoms with Crippen molar-refractivity contribution in [2.75, 3.05) is 31.2 Å². The van der Waals surface area contributed by atoms with Crippen LogP contribution in [0.2, 0.25) is 0 Å². The number of carbonyl (C=O) groups is 1. The number of pyridine rings is 1. The highest BCUT2D eigenvalue weighted by molar-refractivity contribution is 5.96. The number of rotatable bonds is 4. The Balaban J connectivity index is 1.44. The molecule has 7 heteroatoms. The molecule has 0 saturated carbocycles. The minimum Gasteiger partial charge on any atom is -0.448 e. The first-order valence-corrected chi connectivity index (χ1v) is 8.45. The van der Waals surface area contributed by atoms with Gasteiger partial charge in [0, 0.05) is 18.5 Å². The van der Waals surface area contributed by atoms with E-state index < -0.39 is 11.7 Å². The van der Waals surface area contributed by atoms with Crippen LogP contribution in [0.15, 0.2) is 46.9 Å². The van der Waals surface area contributed by atoms with Gasteiger partial charge in [0.15, 0.2) is 17.2 Å². The second-order valence-corrected chi connectivity index (χ2v) is 6.04. The quantitative estimate of drug-likeness (QED) is 0.779. The van der Waals surface area contributed by atoms with E-state index in [-0.39, 0.29) is 17.9 Å². The molecule has 0 spiro atoms. The van der Waals surface area contributed by atoms with Gasteiger partial charge in [0.2, 0.25) is 0 Å². The first kappa shape index (κ1) is 16.5. The number of nitrogens with one attached hydrogen (secondary N) is 1. The maximum atomic E-state index is 13.7. The Bertz CT molecular complexity index is 935. The van der Waals surface area contributed by atoms with Crippen molar-refractivity contribution in [1.29, 1.82) is 0 Å². The van der Waals surface area contributed by atoms with Crippen LogP contribution in [0.3, 0.4) is 0 Å². The Labute approximate surface area is 149 Å². The number of fused-ring (bicyclic) bond motifs is 1. The molecule has 1 aliphatic rings. The van der Waals surface area contributed by atoms with E-state index in [0.29, 0.717) is 18.6 Å². The van der Waals surface area contributed by atoms with Gasteiger partial charge >= 0.3 is 0 Å². The van der Waals surface area contributed by atoms with Crippen molar-refractivity contribution in [2.24, 2.45) is 0 Å². The fraction of sp³-hybridized carbons (Fsp3) is 0.263. The van der Waals surface area contributed by atoms with Crippen LogP contribution in [-0.4, -0.2) is 37.2 Å². The number of ether oxygens (including phenoxy) is 1. The second kappa shape index (κ2) is 7.13. The van der Waals surface area contributed by atoms with E-state index in [2.05, 4.69) is 15.2 Å². The lowest BCUT2D eigenvalue weighted by Gasteiger charge is -2.28. The number of hydrogen-bond donors (Lipinski definition) is 1. The van der Waals surface area contributed by atoms with E-state index in [9.17, 15) is 9.18 Å². The molecular formula is C19H18FN3O3. The Morgan fingerprint density at radius 2 is 2.00 bits per heavy atom. The van der Waals surface area contributed by atoms with Crippen molar-refractivity contribution in [2.45, 2.75) is 6.54 Å². The third-order valence-electron chi connectivity index (χ3n) is 4.28. The number of nitrogens with zero attached hydrogens (tertiary/aromatic N) is 2. The van der Waals surface area contributed by atoms with Crippen LogP contribution in [0.5, 0.6) is 0 Å². The standard InChI is InChI=1S/C19H18FN3O3/c20-15-5-1-3-13-11-16(26-18(13)15)19(24)21-12-14-4-2-6-17(22-14)23-7-9-25-10-8-23/h1-6,11H,7-10,12H2,(H,21,24). The monoisotopic (exact) mass is 355 g/mol. The second-order valence-electron chi connectivity index (χ2n) is 6.04. The predicted molar refractivity (Wildman–Crippen MR) is 94.6 cm³/mol. The van der Waals surface area contributed by atoms with Crippen molar-refractivity contribution in [3.63, 3.8) is 0 Å². The fourth-order valence-corrected chi connectivity index (χ4v) is 2.93. The zero-order chi connectivity index (χ0) is 17.9. The van der Waals surface area contributed by atoms with Gasteiger partial charge in [-0.2, -0.15) is 0 Å². The Morgan fingerprint density at radius 3 is 2.81 bits per heavy atom. The van der Waals surface area contributed by atoms with Gasteiger partial charge in [0.25, 0.3) is 5.91 Å². The average Bonchev–Trinajstić information content (AvgIpc) is 3.13. The molecule has 3 heterocycles. The van der Waals surface area contributed by atoms with Crippen molar-refractivity contribution in [1.82, 2.24) is 10.3 Å². The minimum atomic E-state index is -0.485. The fourth-order valence-electron chi connectivity index (χ4n) is 2.93. The summed E-state index contributed by atoms with van der Waals surface area (Å²) < 4.78 is 24.4. The SMILES string of the molecule is O=C(NCc1cccc(N2CCOCC2)n1)c1cc2cccc(F)c2o1. The topological polar surface area (TPSA) is 67.6 Å². The molecule has 6 nitrogen and oxygen atoms in total. The van der Waals surface area contributed by atoms with Crippen LogP contribution in [0, 0.1) is 5.82 Å². The highest BCUT2D eigenvalue weighted by Gasteiger charge is 2.15. The van der Waals surface area contributed by atoms with Crippen LogP contribution < -0.4 is 10.2 Å². The number of morpholine rings is 1. The van der Waals surface area contributed by atoms with Crippen LogP contribution in [-0.2, 0) is 11.3 Å². The molecule has 1 fully saturated rings. The molecular weight excluding hydrogens is 337 g/mol. The average molecular weight is 355 g/mol. The molecule has 1 amide bonds. The van der Waals surface area contributed by atoms with E-state index in [1.54, 1.807) is 12.1 Å². The number of carbonyl (C=O) groups excluding carboxylic acids is 1. The molecule has 134 valence electrons. The summed E-state index contributed by atoms with van der Waals surface area (Å²) >= 11 is 0. The normalized spacial score (nSPS) is 14.6. The van der Waals surface area contributed by atoms with Gasteiger partial charge in [-0.1, -0.05) is 18.2 Å². The molecule has 0 unspecified atom stereocenters. The minimum absolute atomic E-state index is 0.0782. The number of hydrogen-bond acceptors (Lipinski definition) is 5. The maximum Gasteiger partial charge on any atom is 0.287 e. The number of halogens is 1. The Hall–Kier alpha value is -2.93. The molecule has 2 aromatic heterocycles. The largest absolute Gasteiger partial charge is 0.448 e. The van der Waals surface area contributed by atoms with Crippen LogP contribution in [0.25, 0.3) is 11.0 Å². The number of anilines is 1. The van der Waals surface area contributed by atoms with Gasteiger partial charge in [-0.15, -0.1) is 0 Å². The van der Waals surface area contributed by atoms with Crippen molar-refractivity contribution >= 4 is 22.7 Å². The molecule has 1 saturated heterocycles. The first-order valence-electron chi connectivity index (χ1n) is 8.45. The summed E-state index contributed by atoms with van der Waals surface area (Å²) in [5.74, 6) is 0.0564. The number of benzene rings is 1. The Morgan fingerprint density at radius 1 is 1.19 bits per heavy atom. The van der Waals surface area contributed by atoms with E-state index in [1.165, 1.54) is 12.1 Å². The predicted octanol–water partition coefficient (Wildman–Crippen LogP) is 2.73. The number of amides is 1.